The number of rotatable bonds is 5. The van der Waals surface area contributed by atoms with Crippen LogP contribution in [0.1, 0.15) is 6.92 Å². The van der Waals surface area contributed by atoms with E-state index in [1.165, 1.54) is 23.9 Å². The van der Waals surface area contributed by atoms with Crippen molar-refractivity contribution in [2.45, 2.75) is 12.5 Å². The zero-order chi connectivity index (χ0) is 17.0. The van der Waals surface area contributed by atoms with Crippen LogP contribution in [0.3, 0.4) is 0 Å². The Morgan fingerprint density at radius 1 is 1.18 bits per heavy atom. The maximum absolute atomic E-state index is 12.1. The van der Waals surface area contributed by atoms with Crippen LogP contribution in [0.4, 0.5) is 4.79 Å². The smallest absolute Gasteiger partial charge is 0.425 e. The standard InChI is InChI=1S/C12H16N2O7S/c1-12(10(15)20-2,13-7-5-4-6-8-13)9-14(11(16)21-3)22(17,18)19/h4-8H,9H2,1-3H3/p+1/t12-/m0/s1. The number of nitrogens with zero attached hydrogens (tertiary/aromatic N) is 2. The molecule has 1 amide bonds. The van der Waals surface area contributed by atoms with E-state index in [2.05, 4.69) is 9.47 Å². The zero-order valence-electron chi connectivity index (χ0n) is 12.3. The molecule has 0 aliphatic rings. The molecule has 0 radical (unpaired) electrons. The number of pyridine rings is 1. The van der Waals surface area contributed by atoms with Gasteiger partial charge in [-0.3, -0.25) is 4.55 Å². The van der Waals surface area contributed by atoms with Crippen molar-refractivity contribution in [2.75, 3.05) is 20.8 Å². The van der Waals surface area contributed by atoms with Crippen LogP contribution < -0.4 is 4.57 Å². The minimum absolute atomic E-state index is 0.0456. The molecule has 1 atom stereocenters. The number of carbonyl (C=O) groups is 2. The first-order valence-corrected chi connectivity index (χ1v) is 7.45. The quantitative estimate of drug-likeness (QED) is 0.448. The molecule has 0 bridgehead atoms. The fourth-order valence-electron chi connectivity index (χ4n) is 1.82. The summed E-state index contributed by atoms with van der Waals surface area (Å²) in [4.78, 5) is 23.7. The summed E-state index contributed by atoms with van der Waals surface area (Å²) in [5.41, 5.74) is -1.60. The molecule has 1 heterocycles. The van der Waals surface area contributed by atoms with Crippen LogP contribution in [-0.4, -0.2) is 50.1 Å². The van der Waals surface area contributed by atoms with E-state index in [0.29, 0.717) is 0 Å². The normalized spacial score (nSPS) is 13.8. The predicted molar refractivity (Wildman–Crippen MR) is 73.0 cm³/mol. The van der Waals surface area contributed by atoms with Crippen molar-refractivity contribution >= 4 is 22.4 Å². The molecule has 1 aromatic rings. The lowest BCUT2D eigenvalue weighted by molar-refractivity contribution is -0.746. The monoisotopic (exact) mass is 333 g/mol. The van der Waals surface area contributed by atoms with Crippen molar-refractivity contribution in [3.63, 3.8) is 0 Å². The number of amides is 1. The van der Waals surface area contributed by atoms with Crippen LogP contribution in [-0.2, 0) is 30.1 Å². The van der Waals surface area contributed by atoms with Gasteiger partial charge < -0.3 is 9.47 Å². The highest BCUT2D eigenvalue weighted by molar-refractivity contribution is 7.83. The van der Waals surface area contributed by atoms with E-state index in [1.54, 1.807) is 18.2 Å². The van der Waals surface area contributed by atoms with E-state index in [-0.39, 0.29) is 4.31 Å². The molecule has 9 nitrogen and oxygen atoms in total. The molecule has 0 unspecified atom stereocenters. The fourth-order valence-corrected chi connectivity index (χ4v) is 2.50. The van der Waals surface area contributed by atoms with Crippen LogP contribution in [0.5, 0.6) is 0 Å². The number of methoxy groups -OCH3 is 2. The highest BCUT2D eigenvalue weighted by Crippen LogP contribution is 2.15. The highest BCUT2D eigenvalue weighted by atomic mass is 32.2. The van der Waals surface area contributed by atoms with Crippen LogP contribution in [0, 0.1) is 0 Å². The Morgan fingerprint density at radius 3 is 2.14 bits per heavy atom. The molecule has 1 N–H and O–H groups in total. The van der Waals surface area contributed by atoms with Crippen molar-refractivity contribution in [3.8, 4) is 0 Å². The first kappa shape index (κ1) is 17.9. The van der Waals surface area contributed by atoms with Gasteiger partial charge in [0.1, 0.15) is 6.54 Å². The van der Waals surface area contributed by atoms with Gasteiger partial charge in [-0.1, -0.05) is 6.07 Å². The first-order chi connectivity index (χ1) is 10.2. The van der Waals surface area contributed by atoms with Crippen LogP contribution in [0.15, 0.2) is 30.6 Å². The summed E-state index contributed by atoms with van der Waals surface area (Å²) in [5.74, 6) is -0.804. The van der Waals surface area contributed by atoms with Gasteiger partial charge in [0.15, 0.2) is 12.4 Å². The summed E-state index contributed by atoms with van der Waals surface area (Å²) in [6.45, 7) is 0.653. The average molecular weight is 333 g/mol. The Bertz CT molecular complexity index is 647. The van der Waals surface area contributed by atoms with Gasteiger partial charge in [0.05, 0.1) is 14.2 Å². The Kier molecular flexibility index (Phi) is 5.44. The Hall–Kier alpha value is -2.20. The van der Waals surface area contributed by atoms with Gasteiger partial charge in [-0.25, -0.2) is 9.59 Å². The van der Waals surface area contributed by atoms with Gasteiger partial charge >= 0.3 is 22.4 Å². The second kappa shape index (κ2) is 6.71. The molecule has 0 saturated carbocycles. The lowest BCUT2D eigenvalue weighted by Gasteiger charge is -2.26. The number of hydrogen-bond acceptors (Lipinski definition) is 6. The molecule has 0 fully saturated rings. The van der Waals surface area contributed by atoms with E-state index in [1.807, 2.05) is 0 Å². The number of hydrogen-bond donors (Lipinski definition) is 1. The van der Waals surface area contributed by atoms with Crippen molar-refractivity contribution in [2.24, 2.45) is 0 Å². The third-order valence-corrected chi connectivity index (χ3v) is 3.85. The molecule has 10 heteroatoms. The van der Waals surface area contributed by atoms with Crippen molar-refractivity contribution in [1.29, 1.82) is 0 Å². The average Bonchev–Trinajstić information content (AvgIpc) is 2.50. The van der Waals surface area contributed by atoms with Crippen molar-refractivity contribution < 1.29 is 36.6 Å². The fraction of sp³-hybridized carbons (Fsp3) is 0.417. The summed E-state index contributed by atoms with van der Waals surface area (Å²) in [7, 11) is -2.85. The second-order valence-corrected chi connectivity index (χ2v) is 5.84. The molecule has 0 spiro atoms. The van der Waals surface area contributed by atoms with E-state index >= 15 is 0 Å². The summed E-state index contributed by atoms with van der Waals surface area (Å²) >= 11 is 0. The maximum Gasteiger partial charge on any atom is 0.425 e. The minimum Gasteiger partial charge on any atom is -0.464 e. The molecule has 0 saturated heterocycles. The van der Waals surface area contributed by atoms with Crippen LogP contribution in [0.2, 0.25) is 0 Å². The van der Waals surface area contributed by atoms with Gasteiger partial charge in [-0.2, -0.15) is 17.3 Å². The zero-order valence-corrected chi connectivity index (χ0v) is 13.1. The summed E-state index contributed by atoms with van der Waals surface area (Å²) in [6.07, 6.45) is 1.67. The van der Waals surface area contributed by atoms with Gasteiger partial charge in [-0.05, 0) is 0 Å². The topological polar surface area (TPSA) is 114 Å². The number of aromatic nitrogens is 1. The number of carbonyl (C=O) groups excluding carboxylic acids is 2. The molecule has 0 aliphatic carbocycles. The summed E-state index contributed by atoms with van der Waals surface area (Å²) in [5, 5.41) is 0. The van der Waals surface area contributed by atoms with Gasteiger partial charge in [0, 0.05) is 19.1 Å². The Morgan fingerprint density at radius 2 is 1.73 bits per heavy atom. The molecular formula is C12H17N2O7S+. The third kappa shape index (κ3) is 3.71. The SMILES string of the molecule is COC(=O)N(C[C@@](C)(C(=O)OC)[n+]1ccccc1)S(=O)(=O)O. The predicted octanol–water partition coefficient (Wildman–Crippen LogP) is -0.266. The van der Waals surface area contributed by atoms with Gasteiger partial charge in [-0.15, -0.1) is 0 Å². The highest BCUT2D eigenvalue weighted by Gasteiger charge is 2.49. The summed E-state index contributed by atoms with van der Waals surface area (Å²) in [6, 6.07) is 4.91. The van der Waals surface area contributed by atoms with Gasteiger partial charge in [0.25, 0.3) is 5.54 Å². The lowest BCUT2D eigenvalue weighted by atomic mass is 10.0. The third-order valence-electron chi connectivity index (χ3n) is 3.02. The van der Waals surface area contributed by atoms with E-state index in [4.69, 9.17) is 0 Å². The van der Waals surface area contributed by atoms with E-state index < -0.39 is 34.5 Å². The Labute approximate surface area is 127 Å². The first-order valence-electron chi connectivity index (χ1n) is 6.05. The molecule has 1 rings (SSSR count). The number of esters is 1. The van der Waals surface area contributed by atoms with E-state index in [9.17, 15) is 22.6 Å². The van der Waals surface area contributed by atoms with Crippen molar-refractivity contribution in [1.82, 2.24) is 4.31 Å². The van der Waals surface area contributed by atoms with Crippen molar-refractivity contribution in [3.05, 3.63) is 30.6 Å². The molecule has 0 aromatic carbocycles. The molecular weight excluding hydrogens is 316 g/mol. The molecule has 1 aromatic heterocycles. The molecule has 0 aliphatic heterocycles. The Balaban J connectivity index is 3.35. The van der Waals surface area contributed by atoms with Crippen LogP contribution in [0.25, 0.3) is 0 Å². The second-order valence-electron chi connectivity index (χ2n) is 4.50. The molecule has 22 heavy (non-hydrogen) atoms. The van der Waals surface area contributed by atoms with Crippen LogP contribution >= 0.6 is 0 Å². The largest absolute Gasteiger partial charge is 0.464 e. The number of ether oxygens (including phenoxy) is 2. The van der Waals surface area contributed by atoms with E-state index in [0.717, 1.165) is 14.2 Å². The maximum atomic E-state index is 12.1. The van der Waals surface area contributed by atoms with Gasteiger partial charge in [0.2, 0.25) is 0 Å². The minimum atomic E-state index is -4.92. The summed E-state index contributed by atoms with van der Waals surface area (Å²) < 4.78 is 42.3. The molecule has 122 valence electrons. The lowest BCUT2D eigenvalue weighted by Crippen LogP contribution is -2.65.